The summed E-state index contributed by atoms with van der Waals surface area (Å²) < 4.78 is 5.13. The van der Waals surface area contributed by atoms with Crippen LogP contribution in [0.1, 0.15) is 9.67 Å². The molecular formula is C13H12N4O4S. The van der Waals surface area contributed by atoms with Crippen LogP contribution in [0.25, 0.3) is 10.8 Å². The van der Waals surface area contributed by atoms with E-state index in [-0.39, 0.29) is 19.1 Å². The lowest BCUT2D eigenvalue weighted by atomic mass is 10.2. The molecule has 1 atom stereocenters. The minimum Gasteiger partial charge on any atom is -0.480 e. The van der Waals surface area contributed by atoms with Crippen LogP contribution < -0.4 is 0 Å². The number of carboxylic acids is 1. The second-order valence-electron chi connectivity index (χ2n) is 4.53. The van der Waals surface area contributed by atoms with Gasteiger partial charge < -0.3 is 14.7 Å². The Morgan fingerprint density at radius 1 is 1.32 bits per heavy atom. The van der Waals surface area contributed by atoms with Crippen LogP contribution in [0.3, 0.4) is 0 Å². The Balaban J connectivity index is 1.83. The maximum Gasteiger partial charge on any atom is 0.328 e. The summed E-state index contributed by atoms with van der Waals surface area (Å²) in [6.45, 7) is 0.558. The second-order valence-corrected chi connectivity index (χ2v) is 5.56. The van der Waals surface area contributed by atoms with E-state index in [4.69, 9.17) is 4.74 Å². The zero-order chi connectivity index (χ0) is 15.5. The van der Waals surface area contributed by atoms with Gasteiger partial charge in [0.2, 0.25) is 0 Å². The number of thiazole rings is 1. The molecule has 3 rings (SSSR count). The highest BCUT2D eigenvalue weighted by atomic mass is 32.1. The molecule has 0 aromatic carbocycles. The highest BCUT2D eigenvalue weighted by Gasteiger charge is 2.34. The smallest absolute Gasteiger partial charge is 0.328 e. The van der Waals surface area contributed by atoms with E-state index in [0.29, 0.717) is 22.3 Å². The van der Waals surface area contributed by atoms with E-state index in [1.807, 2.05) is 0 Å². The Morgan fingerprint density at radius 2 is 2.09 bits per heavy atom. The van der Waals surface area contributed by atoms with Gasteiger partial charge >= 0.3 is 5.97 Å². The summed E-state index contributed by atoms with van der Waals surface area (Å²) in [5.74, 6) is -1.01. The summed E-state index contributed by atoms with van der Waals surface area (Å²) in [6, 6.07) is 0.716. The highest BCUT2D eigenvalue weighted by Crippen LogP contribution is 2.24. The van der Waals surface area contributed by atoms with Crippen molar-refractivity contribution in [3.8, 4) is 10.8 Å². The zero-order valence-corrected chi connectivity index (χ0v) is 12.2. The third-order valence-electron chi connectivity index (χ3n) is 3.15. The lowest BCUT2D eigenvalue weighted by Gasteiger charge is -2.32. The number of aromatic nitrogens is 3. The number of carbonyl (C=O) groups excluding carboxylic acids is 1. The second kappa shape index (κ2) is 6.16. The van der Waals surface area contributed by atoms with E-state index >= 15 is 0 Å². The number of nitrogens with zero attached hydrogens (tertiary/aromatic N) is 4. The topological polar surface area (TPSA) is 106 Å². The predicted molar refractivity (Wildman–Crippen MR) is 76.4 cm³/mol. The first-order chi connectivity index (χ1) is 10.7. The summed E-state index contributed by atoms with van der Waals surface area (Å²) in [5, 5.41) is 9.70. The van der Waals surface area contributed by atoms with E-state index in [1.54, 1.807) is 18.5 Å². The maximum atomic E-state index is 12.5. The molecule has 0 unspecified atom stereocenters. The van der Waals surface area contributed by atoms with Gasteiger partial charge in [0.15, 0.2) is 16.9 Å². The molecule has 1 saturated heterocycles. The Kier molecular flexibility index (Phi) is 4.07. The Hall–Kier alpha value is -2.39. The first kappa shape index (κ1) is 14.5. The Labute approximate surface area is 129 Å². The standard InChI is InChI=1S/C13H12N4O4S/c18-12(17-4-5-21-7-8(17)13(19)20)9-6-16-11(22-9)10-14-2-1-3-15-10/h1-3,6,8H,4-5,7H2,(H,19,20)/t8-/m1/s1. The predicted octanol–water partition coefficient (Wildman–Crippen LogP) is 0.526. The van der Waals surface area contributed by atoms with Crippen molar-refractivity contribution in [2.24, 2.45) is 0 Å². The van der Waals surface area contributed by atoms with Gasteiger partial charge in [0.05, 0.1) is 19.4 Å². The fourth-order valence-electron chi connectivity index (χ4n) is 2.08. The minimum atomic E-state index is -1.08. The summed E-state index contributed by atoms with van der Waals surface area (Å²) in [6.07, 6.45) is 4.61. The number of hydrogen-bond acceptors (Lipinski definition) is 7. The van der Waals surface area contributed by atoms with Crippen LogP contribution in [0.5, 0.6) is 0 Å². The van der Waals surface area contributed by atoms with Crippen LogP contribution >= 0.6 is 11.3 Å². The number of amides is 1. The van der Waals surface area contributed by atoms with Crippen molar-refractivity contribution in [2.45, 2.75) is 6.04 Å². The number of carbonyl (C=O) groups is 2. The Bertz CT molecular complexity index is 690. The van der Waals surface area contributed by atoms with Crippen LogP contribution in [0.2, 0.25) is 0 Å². The third kappa shape index (κ3) is 2.81. The van der Waals surface area contributed by atoms with Crippen LogP contribution in [-0.4, -0.2) is 62.6 Å². The number of carboxylic acid groups (broad SMARTS) is 1. The van der Waals surface area contributed by atoms with Crippen molar-refractivity contribution in [1.82, 2.24) is 19.9 Å². The van der Waals surface area contributed by atoms with Gasteiger partial charge in [-0.15, -0.1) is 11.3 Å². The molecule has 1 N–H and O–H groups in total. The molecule has 0 spiro atoms. The van der Waals surface area contributed by atoms with Gasteiger partial charge in [0.25, 0.3) is 5.91 Å². The van der Waals surface area contributed by atoms with Crippen molar-refractivity contribution in [1.29, 1.82) is 0 Å². The molecular weight excluding hydrogens is 308 g/mol. The van der Waals surface area contributed by atoms with E-state index in [1.165, 1.54) is 11.1 Å². The molecule has 114 valence electrons. The summed E-state index contributed by atoms with van der Waals surface area (Å²) in [4.78, 5) is 37.7. The number of morpholine rings is 1. The largest absolute Gasteiger partial charge is 0.480 e. The molecule has 8 nitrogen and oxygen atoms in total. The van der Waals surface area contributed by atoms with E-state index in [9.17, 15) is 14.7 Å². The van der Waals surface area contributed by atoms with Crippen molar-refractivity contribution in [3.05, 3.63) is 29.5 Å². The molecule has 1 aliphatic rings. The Morgan fingerprint density at radius 3 is 2.82 bits per heavy atom. The third-order valence-corrected chi connectivity index (χ3v) is 4.13. The van der Waals surface area contributed by atoms with Crippen molar-refractivity contribution >= 4 is 23.2 Å². The molecule has 0 radical (unpaired) electrons. The fraction of sp³-hybridized carbons (Fsp3) is 0.308. The molecule has 9 heteroatoms. The molecule has 0 aliphatic carbocycles. The van der Waals surface area contributed by atoms with Gasteiger partial charge in [0, 0.05) is 18.9 Å². The first-order valence-corrected chi connectivity index (χ1v) is 7.33. The SMILES string of the molecule is O=C(O)[C@H]1COCCN1C(=O)c1cnc(-c2ncccn2)s1. The monoisotopic (exact) mass is 320 g/mol. The fourth-order valence-corrected chi connectivity index (χ4v) is 2.90. The quantitative estimate of drug-likeness (QED) is 0.879. The highest BCUT2D eigenvalue weighted by molar-refractivity contribution is 7.16. The number of rotatable bonds is 3. The lowest BCUT2D eigenvalue weighted by molar-refractivity contribution is -0.147. The summed E-state index contributed by atoms with van der Waals surface area (Å²) in [5.41, 5.74) is 0. The summed E-state index contributed by atoms with van der Waals surface area (Å²) >= 11 is 1.14. The van der Waals surface area contributed by atoms with Crippen molar-refractivity contribution < 1.29 is 19.4 Å². The van der Waals surface area contributed by atoms with Gasteiger partial charge in [-0.3, -0.25) is 4.79 Å². The molecule has 2 aromatic heterocycles. The molecule has 1 fully saturated rings. The molecule has 3 heterocycles. The molecule has 0 saturated carbocycles. The van der Waals surface area contributed by atoms with Crippen LogP contribution in [-0.2, 0) is 9.53 Å². The van der Waals surface area contributed by atoms with Gasteiger partial charge in [-0.2, -0.15) is 0 Å². The van der Waals surface area contributed by atoms with Gasteiger partial charge in [-0.1, -0.05) is 0 Å². The molecule has 1 amide bonds. The molecule has 2 aromatic rings. The average molecular weight is 320 g/mol. The number of hydrogen-bond donors (Lipinski definition) is 1. The van der Waals surface area contributed by atoms with Crippen LogP contribution in [0, 0.1) is 0 Å². The van der Waals surface area contributed by atoms with Crippen LogP contribution in [0.15, 0.2) is 24.7 Å². The normalized spacial score (nSPS) is 18.2. The van der Waals surface area contributed by atoms with E-state index in [0.717, 1.165) is 11.3 Å². The zero-order valence-electron chi connectivity index (χ0n) is 11.4. The molecule has 1 aliphatic heterocycles. The van der Waals surface area contributed by atoms with Crippen molar-refractivity contribution in [2.75, 3.05) is 19.8 Å². The number of ether oxygens (including phenoxy) is 1. The number of aliphatic carboxylic acids is 1. The first-order valence-electron chi connectivity index (χ1n) is 6.51. The average Bonchev–Trinajstić information content (AvgIpc) is 3.05. The molecule has 22 heavy (non-hydrogen) atoms. The summed E-state index contributed by atoms with van der Waals surface area (Å²) in [7, 11) is 0. The maximum absolute atomic E-state index is 12.5. The van der Waals surface area contributed by atoms with Gasteiger partial charge in [-0.05, 0) is 6.07 Å². The van der Waals surface area contributed by atoms with E-state index < -0.39 is 12.0 Å². The minimum absolute atomic E-state index is 0.00543. The van der Waals surface area contributed by atoms with E-state index in [2.05, 4.69) is 15.0 Å². The van der Waals surface area contributed by atoms with Crippen molar-refractivity contribution in [3.63, 3.8) is 0 Å². The lowest BCUT2D eigenvalue weighted by Crippen LogP contribution is -2.52. The van der Waals surface area contributed by atoms with Gasteiger partial charge in [0.1, 0.15) is 4.88 Å². The van der Waals surface area contributed by atoms with Crippen LogP contribution in [0.4, 0.5) is 0 Å². The van der Waals surface area contributed by atoms with Gasteiger partial charge in [-0.25, -0.2) is 19.7 Å². The molecule has 0 bridgehead atoms.